The van der Waals surface area contributed by atoms with Crippen LogP contribution in [0.25, 0.3) is 21.8 Å². The third kappa shape index (κ3) is 2.02. The minimum Gasteiger partial charge on any atom is -0.273 e. The van der Waals surface area contributed by atoms with Gasteiger partial charge in [-0.1, -0.05) is 47.0 Å². The van der Waals surface area contributed by atoms with Gasteiger partial charge in [-0.05, 0) is 43.3 Å². The lowest BCUT2D eigenvalue weighted by molar-refractivity contribution is 0.101. The predicted octanol–water partition coefficient (Wildman–Crippen LogP) is 6.30. The van der Waals surface area contributed by atoms with Gasteiger partial charge in [0.15, 0.2) is 0 Å². The summed E-state index contributed by atoms with van der Waals surface area (Å²) in [6.07, 6.45) is 0. The Bertz CT molecular complexity index is 1230. The van der Waals surface area contributed by atoms with E-state index >= 15 is 0 Å². The minimum atomic E-state index is -0.135. The summed E-state index contributed by atoms with van der Waals surface area (Å²) < 4.78 is 0. The summed E-state index contributed by atoms with van der Waals surface area (Å²) in [5.74, 6) is -0.135. The van der Waals surface area contributed by atoms with Crippen molar-refractivity contribution in [2.75, 3.05) is 4.90 Å². The lowest BCUT2D eigenvalue weighted by Gasteiger charge is -2.20. The number of hydrogen-bond donors (Lipinski definition) is 0. The standard InChI is InChI=1S/C21H12Cl2N2O/c1-11-8-9-15-12(10-11)18-19-16(24-15)6-3-7-17(19)25(21(18)26)20-13(22)4-2-5-14(20)23/h2-10H,1H3. The summed E-state index contributed by atoms with van der Waals surface area (Å²) in [5, 5.41) is 2.56. The quantitative estimate of drug-likeness (QED) is 0.364. The molecule has 3 nitrogen and oxygen atoms in total. The van der Waals surface area contributed by atoms with Gasteiger partial charge < -0.3 is 0 Å². The number of pyridine rings is 1. The van der Waals surface area contributed by atoms with Crippen LogP contribution >= 0.6 is 23.2 Å². The number of rotatable bonds is 1. The number of anilines is 2. The molecule has 126 valence electrons. The smallest absolute Gasteiger partial charge is 0.264 e. The Hall–Kier alpha value is -2.62. The van der Waals surface area contributed by atoms with Gasteiger partial charge in [0, 0.05) is 10.8 Å². The van der Waals surface area contributed by atoms with Gasteiger partial charge in [0.2, 0.25) is 0 Å². The molecule has 4 aromatic rings. The lowest BCUT2D eigenvalue weighted by Crippen LogP contribution is -2.21. The number of carbonyl (C=O) groups excluding carboxylic acids is 1. The van der Waals surface area contributed by atoms with Gasteiger partial charge in [-0.2, -0.15) is 0 Å². The van der Waals surface area contributed by atoms with E-state index in [1.54, 1.807) is 23.1 Å². The zero-order valence-corrected chi connectivity index (χ0v) is 15.3. The molecule has 0 unspecified atom stereocenters. The van der Waals surface area contributed by atoms with E-state index in [1.807, 2.05) is 43.3 Å². The van der Waals surface area contributed by atoms with E-state index in [9.17, 15) is 4.79 Å². The third-order valence-electron chi connectivity index (χ3n) is 4.75. The van der Waals surface area contributed by atoms with Crippen molar-refractivity contribution in [1.82, 2.24) is 4.98 Å². The second kappa shape index (κ2) is 5.44. The van der Waals surface area contributed by atoms with Gasteiger partial charge in [0.25, 0.3) is 5.91 Å². The maximum atomic E-state index is 13.5. The summed E-state index contributed by atoms with van der Waals surface area (Å²) >= 11 is 12.8. The highest BCUT2D eigenvalue weighted by molar-refractivity contribution is 6.43. The van der Waals surface area contributed by atoms with E-state index in [2.05, 4.69) is 0 Å². The number of carbonyl (C=O) groups is 1. The van der Waals surface area contributed by atoms with Crippen molar-refractivity contribution < 1.29 is 4.79 Å². The normalized spacial score (nSPS) is 13.2. The van der Waals surface area contributed by atoms with E-state index in [0.29, 0.717) is 21.3 Å². The second-order valence-corrected chi connectivity index (χ2v) is 7.20. The number of para-hydroxylation sites is 1. The Morgan fingerprint density at radius 2 is 1.65 bits per heavy atom. The molecule has 3 aromatic carbocycles. The van der Waals surface area contributed by atoms with Crippen LogP contribution in [-0.2, 0) is 0 Å². The molecule has 0 atom stereocenters. The maximum Gasteiger partial charge on any atom is 0.264 e. The summed E-state index contributed by atoms with van der Waals surface area (Å²) in [7, 11) is 0. The largest absolute Gasteiger partial charge is 0.273 e. The van der Waals surface area contributed by atoms with Crippen LogP contribution in [0.2, 0.25) is 10.0 Å². The fourth-order valence-electron chi connectivity index (χ4n) is 3.64. The average Bonchev–Trinajstić information content (AvgIpc) is 2.90. The first-order valence-corrected chi connectivity index (χ1v) is 8.93. The molecule has 5 heteroatoms. The molecule has 1 aromatic heterocycles. The highest BCUT2D eigenvalue weighted by atomic mass is 35.5. The van der Waals surface area contributed by atoms with Crippen LogP contribution < -0.4 is 4.90 Å². The third-order valence-corrected chi connectivity index (χ3v) is 5.36. The Labute approximate surface area is 159 Å². The molecule has 1 aliphatic heterocycles. The van der Waals surface area contributed by atoms with Crippen molar-refractivity contribution in [3.63, 3.8) is 0 Å². The molecule has 26 heavy (non-hydrogen) atoms. The molecular weight excluding hydrogens is 367 g/mol. The number of nitrogens with zero attached hydrogens (tertiary/aromatic N) is 2. The molecule has 0 bridgehead atoms. The van der Waals surface area contributed by atoms with Crippen LogP contribution in [0, 0.1) is 6.92 Å². The topological polar surface area (TPSA) is 33.2 Å². The fourth-order valence-corrected chi connectivity index (χ4v) is 4.21. The van der Waals surface area contributed by atoms with Crippen LogP contribution in [-0.4, -0.2) is 10.9 Å². The fraction of sp³-hybridized carbons (Fsp3) is 0.0476. The second-order valence-electron chi connectivity index (χ2n) is 6.39. The lowest BCUT2D eigenvalue weighted by atomic mass is 10.0. The molecule has 0 N–H and O–H groups in total. The highest BCUT2D eigenvalue weighted by Gasteiger charge is 2.35. The van der Waals surface area contributed by atoms with Gasteiger partial charge in [0.05, 0.1) is 38.0 Å². The molecule has 1 amide bonds. The molecule has 0 saturated heterocycles. The number of benzene rings is 3. The summed E-state index contributed by atoms with van der Waals surface area (Å²) in [6, 6.07) is 16.9. The first kappa shape index (κ1) is 15.6. The van der Waals surface area contributed by atoms with Gasteiger partial charge in [-0.3, -0.25) is 9.69 Å². The number of fused-ring (bicyclic) bond motifs is 2. The van der Waals surface area contributed by atoms with Gasteiger partial charge >= 0.3 is 0 Å². The van der Waals surface area contributed by atoms with Crippen molar-refractivity contribution in [2.45, 2.75) is 6.92 Å². The van der Waals surface area contributed by atoms with E-state index in [-0.39, 0.29) is 5.91 Å². The first-order chi connectivity index (χ1) is 12.6. The number of hydrogen-bond acceptors (Lipinski definition) is 2. The summed E-state index contributed by atoms with van der Waals surface area (Å²) in [5.41, 5.74) is 4.58. The average molecular weight is 379 g/mol. The number of aromatic nitrogens is 1. The number of aryl methyl sites for hydroxylation is 1. The Kier molecular flexibility index (Phi) is 3.27. The molecule has 0 spiro atoms. The molecule has 5 rings (SSSR count). The predicted molar refractivity (Wildman–Crippen MR) is 107 cm³/mol. The van der Waals surface area contributed by atoms with Crippen molar-refractivity contribution in [3.05, 3.63) is 75.8 Å². The number of amides is 1. The molecule has 2 heterocycles. The number of halogens is 2. The summed E-state index contributed by atoms with van der Waals surface area (Å²) in [4.78, 5) is 19.8. The van der Waals surface area contributed by atoms with Gasteiger partial charge in [0.1, 0.15) is 0 Å². The van der Waals surface area contributed by atoms with Crippen LogP contribution in [0.3, 0.4) is 0 Å². The van der Waals surface area contributed by atoms with Gasteiger partial charge in [-0.15, -0.1) is 0 Å². The molecule has 0 radical (unpaired) electrons. The SMILES string of the molecule is Cc1ccc2nc3cccc4c3c(c2c1)C(=O)N4c1c(Cl)cccc1Cl. The van der Waals surface area contributed by atoms with E-state index < -0.39 is 0 Å². The molecular formula is C21H12Cl2N2O. The maximum absolute atomic E-state index is 13.5. The molecule has 0 fully saturated rings. The van der Waals surface area contributed by atoms with Crippen molar-refractivity contribution in [2.24, 2.45) is 0 Å². The van der Waals surface area contributed by atoms with Crippen molar-refractivity contribution >= 4 is 62.3 Å². The Morgan fingerprint density at radius 1 is 0.923 bits per heavy atom. The first-order valence-electron chi connectivity index (χ1n) is 8.18. The van der Waals surface area contributed by atoms with Crippen LogP contribution in [0.4, 0.5) is 11.4 Å². The van der Waals surface area contributed by atoms with Crippen LogP contribution in [0.5, 0.6) is 0 Å². The van der Waals surface area contributed by atoms with Crippen molar-refractivity contribution in [3.8, 4) is 0 Å². The van der Waals surface area contributed by atoms with Gasteiger partial charge in [-0.25, -0.2) is 4.98 Å². The highest BCUT2D eigenvalue weighted by Crippen LogP contribution is 2.47. The van der Waals surface area contributed by atoms with Crippen LogP contribution in [0.15, 0.2) is 54.6 Å². The van der Waals surface area contributed by atoms with E-state index in [4.69, 9.17) is 28.2 Å². The molecule has 0 aliphatic carbocycles. The zero-order chi connectivity index (χ0) is 18.0. The zero-order valence-electron chi connectivity index (χ0n) is 13.8. The Morgan fingerprint density at radius 3 is 2.42 bits per heavy atom. The summed E-state index contributed by atoms with van der Waals surface area (Å²) in [6.45, 7) is 2.00. The Balaban J connectivity index is 1.92. The molecule has 1 aliphatic rings. The molecule has 0 saturated carbocycles. The minimum absolute atomic E-state index is 0.135. The monoisotopic (exact) mass is 378 g/mol. The van der Waals surface area contributed by atoms with Crippen molar-refractivity contribution in [1.29, 1.82) is 0 Å². The van der Waals surface area contributed by atoms with E-state index in [0.717, 1.165) is 33.1 Å². The van der Waals surface area contributed by atoms with Crippen LogP contribution in [0.1, 0.15) is 15.9 Å². The van der Waals surface area contributed by atoms with E-state index in [1.165, 1.54) is 0 Å².